The number of aromatic nitrogens is 2. The average molecular weight is 284 g/mol. The zero-order chi connectivity index (χ0) is 13.3. The van der Waals surface area contributed by atoms with Crippen molar-refractivity contribution in [1.82, 2.24) is 9.78 Å². The Morgan fingerprint density at radius 1 is 1.44 bits per heavy atom. The van der Waals surface area contributed by atoms with E-state index in [0.717, 1.165) is 11.4 Å². The highest BCUT2D eigenvalue weighted by Gasteiger charge is 2.12. The molecule has 2 aromatic rings. The minimum Gasteiger partial charge on any atom is -0.399 e. The third-order valence-electron chi connectivity index (χ3n) is 2.58. The van der Waals surface area contributed by atoms with E-state index in [2.05, 4.69) is 5.10 Å². The summed E-state index contributed by atoms with van der Waals surface area (Å²) in [5, 5.41) is 4.70. The van der Waals surface area contributed by atoms with E-state index < -0.39 is 10.8 Å². The summed E-state index contributed by atoms with van der Waals surface area (Å²) in [7, 11) is 0.608. The summed E-state index contributed by atoms with van der Waals surface area (Å²) in [5.41, 5.74) is 8.05. The van der Waals surface area contributed by atoms with Gasteiger partial charge in [0, 0.05) is 12.7 Å². The molecule has 0 saturated carbocycles. The molecule has 0 aliphatic heterocycles. The summed E-state index contributed by atoms with van der Waals surface area (Å²) in [6.45, 7) is 1.90. The Labute approximate surface area is 113 Å². The lowest BCUT2D eigenvalue weighted by atomic mass is 10.3. The van der Waals surface area contributed by atoms with Crippen molar-refractivity contribution in [2.45, 2.75) is 17.6 Å². The summed E-state index contributed by atoms with van der Waals surface area (Å²) >= 11 is 6.03. The first-order chi connectivity index (χ1) is 8.47. The van der Waals surface area contributed by atoms with E-state index >= 15 is 0 Å². The number of nitrogens with zero attached hydrogens (tertiary/aromatic N) is 2. The normalized spacial score (nSPS) is 12.6. The Bertz CT molecular complexity index is 609. The van der Waals surface area contributed by atoms with E-state index in [1.165, 1.54) is 0 Å². The largest absolute Gasteiger partial charge is 0.399 e. The molecular formula is C12H14ClN3OS. The molecule has 0 fully saturated rings. The number of aryl methyl sites for hydroxylation is 2. The van der Waals surface area contributed by atoms with Crippen molar-refractivity contribution in [2.75, 3.05) is 5.73 Å². The fraction of sp³-hybridized carbons (Fsp3) is 0.250. The Balaban J connectivity index is 2.27. The highest BCUT2D eigenvalue weighted by molar-refractivity contribution is 7.84. The molecule has 2 rings (SSSR count). The van der Waals surface area contributed by atoms with Gasteiger partial charge in [-0.05, 0) is 31.2 Å². The molecule has 1 unspecified atom stereocenters. The minimum atomic E-state index is -1.23. The molecule has 0 aliphatic rings. The van der Waals surface area contributed by atoms with Crippen LogP contribution in [-0.4, -0.2) is 14.0 Å². The summed E-state index contributed by atoms with van der Waals surface area (Å²) in [4.78, 5) is 0.565. The standard InChI is InChI=1S/C12H14ClN3OS/c1-8-5-10(16(2)15-8)7-18(17)12-6-9(14)3-4-11(12)13/h3-6H,7,14H2,1-2H3. The molecule has 0 aliphatic carbocycles. The number of nitrogen functional groups attached to an aromatic ring is 1. The first-order valence-corrected chi connectivity index (χ1v) is 7.10. The number of hydrogen-bond acceptors (Lipinski definition) is 3. The van der Waals surface area contributed by atoms with Gasteiger partial charge in [-0.2, -0.15) is 5.10 Å². The van der Waals surface area contributed by atoms with Crippen LogP contribution in [0.5, 0.6) is 0 Å². The van der Waals surface area contributed by atoms with Gasteiger partial charge in [0.25, 0.3) is 0 Å². The van der Waals surface area contributed by atoms with Crippen molar-refractivity contribution in [3.05, 3.63) is 40.7 Å². The quantitative estimate of drug-likeness (QED) is 0.879. The maximum absolute atomic E-state index is 12.3. The zero-order valence-electron chi connectivity index (χ0n) is 10.2. The van der Waals surface area contributed by atoms with E-state index in [9.17, 15) is 4.21 Å². The second kappa shape index (κ2) is 5.12. The monoisotopic (exact) mass is 283 g/mol. The van der Waals surface area contributed by atoms with Gasteiger partial charge < -0.3 is 5.73 Å². The molecule has 96 valence electrons. The fourth-order valence-corrected chi connectivity index (χ4v) is 3.33. The number of benzene rings is 1. The predicted molar refractivity (Wildman–Crippen MR) is 73.9 cm³/mol. The van der Waals surface area contributed by atoms with Gasteiger partial charge in [-0.15, -0.1) is 0 Å². The van der Waals surface area contributed by atoms with Crippen molar-refractivity contribution in [3.63, 3.8) is 0 Å². The van der Waals surface area contributed by atoms with Crippen molar-refractivity contribution in [3.8, 4) is 0 Å². The lowest BCUT2D eigenvalue weighted by Crippen LogP contribution is -2.04. The van der Waals surface area contributed by atoms with Crippen molar-refractivity contribution in [2.24, 2.45) is 7.05 Å². The maximum Gasteiger partial charge on any atom is 0.0703 e. The predicted octanol–water partition coefficient (Wildman–Crippen LogP) is 2.27. The zero-order valence-corrected chi connectivity index (χ0v) is 11.8. The van der Waals surface area contributed by atoms with Crippen LogP contribution in [0.1, 0.15) is 11.4 Å². The molecule has 18 heavy (non-hydrogen) atoms. The second-order valence-electron chi connectivity index (χ2n) is 4.08. The molecule has 1 aromatic carbocycles. The highest BCUT2D eigenvalue weighted by Crippen LogP contribution is 2.24. The summed E-state index contributed by atoms with van der Waals surface area (Å²) in [6, 6.07) is 6.93. The third-order valence-corrected chi connectivity index (χ3v) is 4.41. The summed E-state index contributed by atoms with van der Waals surface area (Å²) in [6.07, 6.45) is 0. The van der Waals surface area contributed by atoms with Crippen LogP contribution in [0.4, 0.5) is 5.69 Å². The average Bonchev–Trinajstić information content (AvgIpc) is 2.61. The highest BCUT2D eigenvalue weighted by atomic mass is 35.5. The minimum absolute atomic E-state index is 0.376. The Kier molecular flexibility index (Phi) is 3.73. The summed E-state index contributed by atoms with van der Waals surface area (Å²) < 4.78 is 14.0. The third kappa shape index (κ3) is 2.73. The lowest BCUT2D eigenvalue weighted by molar-refractivity contribution is 0.676. The van der Waals surface area contributed by atoms with Crippen LogP contribution >= 0.6 is 11.6 Å². The lowest BCUT2D eigenvalue weighted by Gasteiger charge is -2.06. The van der Waals surface area contributed by atoms with Crippen LogP contribution in [0.15, 0.2) is 29.2 Å². The van der Waals surface area contributed by atoms with Crippen LogP contribution in [0.3, 0.4) is 0 Å². The van der Waals surface area contributed by atoms with Crippen molar-refractivity contribution in [1.29, 1.82) is 0 Å². The molecule has 1 atom stereocenters. The molecule has 0 spiro atoms. The van der Waals surface area contributed by atoms with Crippen LogP contribution in [0, 0.1) is 6.92 Å². The number of hydrogen-bond donors (Lipinski definition) is 1. The van der Waals surface area contributed by atoms with E-state index in [1.54, 1.807) is 22.9 Å². The SMILES string of the molecule is Cc1cc(CS(=O)c2cc(N)ccc2Cl)n(C)n1. The van der Waals surface area contributed by atoms with Gasteiger partial charge >= 0.3 is 0 Å². The van der Waals surface area contributed by atoms with Crippen LogP contribution < -0.4 is 5.73 Å². The molecule has 0 radical (unpaired) electrons. The van der Waals surface area contributed by atoms with Crippen LogP contribution in [-0.2, 0) is 23.6 Å². The smallest absolute Gasteiger partial charge is 0.0703 e. The number of anilines is 1. The number of nitrogens with two attached hydrogens (primary N) is 1. The molecule has 0 amide bonds. The van der Waals surface area contributed by atoms with Gasteiger partial charge in [0.15, 0.2) is 0 Å². The molecule has 0 bridgehead atoms. The van der Waals surface area contributed by atoms with E-state index in [0.29, 0.717) is 21.4 Å². The van der Waals surface area contributed by atoms with E-state index in [-0.39, 0.29) is 0 Å². The molecule has 2 N–H and O–H groups in total. The van der Waals surface area contributed by atoms with Crippen LogP contribution in [0.25, 0.3) is 0 Å². The van der Waals surface area contributed by atoms with Crippen LogP contribution in [0.2, 0.25) is 5.02 Å². The molecule has 6 heteroatoms. The van der Waals surface area contributed by atoms with Gasteiger partial charge in [-0.1, -0.05) is 11.6 Å². The van der Waals surface area contributed by atoms with Gasteiger partial charge in [-0.25, -0.2) is 0 Å². The number of rotatable bonds is 3. The van der Waals surface area contributed by atoms with E-state index in [4.69, 9.17) is 17.3 Å². The number of halogens is 1. The second-order valence-corrected chi connectivity index (χ2v) is 5.91. The first kappa shape index (κ1) is 13.1. The maximum atomic E-state index is 12.3. The van der Waals surface area contributed by atoms with Gasteiger partial charge in [-0.3, -0.25) is 8.89 Å². The van der Waals surface area contributed by atoms with Gasteiger partial charge in [0.2, 0.25) is 0 Å². The molecular weight excluding hydrogens is 270 g/mol. The molecule has 4 nitrogen and oxygen atoms in total. The topological polar surface area (TPSA) is 60.9 Å². The van der Waals surface area contributed by atoms with Gasteiger partial charge in [0.1, 0.15) is 0 Å². The Morgan fingerprint density at radius 2 is 2.17 bits per heavy atom. The molecule has 0 saturated heterocycles. The molecule has 1 heterocycles. The molecule has 1 aromatic heterocycles. The van der Waals surface area contributed by atoms with Crippen molar-refractivity contribution >= 4 is 28.1 Å². The van der Waals surface area contributed by atoms with Gasteiger partial charge in [0.05, 0.1) is 37.9 Å². The Morgan fingerprint density at radius 3 is 2.78 bits per heavy atom. The van der Waals surface area contributed by atoms with Crippen molar-refractivity contribution < 1.29 is 4.21 Å². The fourth-order valence-electron chi connectivity index (χ4n) is 1.71. The summed E-state index contributed by atoms with van der Waals surface area (Å²) in [5.74, 6) is 0.376. The van der Waals surface area contributed by atoms with E-state index in [1.807, 2.05) is 20.0 Å². The first-order valence-electron chi connectivity index (χ1n) is 5.40. The Hall–Kier alpha value is -1.33.